The minimum Gasteiger partial charge on any atom is -0.490 e. The molecule has 5 heteroatoms. The summed E-state index contributed by atoms with van der Waals surface area (Å²) in [6.45, 7) is 4.68. The van der Waals surface area contributed by atoms with Crippen LogP contribution in [0.2, 0.25) is 0 Å². The molecule has 1 rings (SSSR count). The van der Waals surface area contributed by atoms with Gasteiger partial charge in [-0.3, -0.25) is 0 Å². The van der Waals surface area contributed by atoms with Gasteiger partial charge in [0.15, 0.2) is 11.5 Å². The lowest BCUT2D eigenvalue weighted by atomic mass is 10.0. The van der Waals surface area contributed by atoms with Gasteiger partial charge < -0.3 is 19.0 Å². The summed E-state index contributed by atoms with van der Waals surface area (Å²) in [6.07, 6.45) is 1.32. The van der Waals surface area contributed by atoms with Gasteiger partial charge in [0.25, 0.3) is 0 Å². The SMILES string of the molecule is CCOc1cc(C([O])CCCC=O)cc(OCC)c1OC. The summed E-state index contributed by atoms with van der Waals surface area (Å²) in [5, 5.41) is 12.2. The van der Waals surface area contributed by atoms with Crippen LogP contribution >= 0.6 is 0 Å². The van der Waals surface area contributed by atoms with E-state index in [4.69, 9.17) is 14.2 Å². The summed E-state index contributed by atoms with van der Waals surface area (Å²) in [7, 11) is 1.54. The molecular weight excluding hydrogens is 272 g/mol. The van der Waals surface area contributed by atoms with Gasteiger partial charge >= 0.3 is 0 Å². The van der Waals surface area contributed by atoms with Crippen LogP contribution in [-0.2, 0) is 9.90 Å². The normalized spacial score (nSPS) is 11.8. The fourth-order valence-electron chi connectivity index (χ4n) is 2.06. The summed E-state index contributed by atoms with van der Waals surface area (Å²) >= 11 is 0. The molecule has 0 saturated heterocycles. The number of unbranched alkanes of at least 4 members (excludes halogenated alkanes) is 1. The number of ether oxygens (including phenoxy) is 3. The molecule has 0 saturated carbocycles. The van der Waals surface area contributed by atoms with Crippen molar-refractivity contribution < 1.29 is 24.1 Å². The third-order valence-electron chi connectivity index (χ3n) is 3.01. The van der Waals surface area contributed by atoms with Crippen molar-refractivity contribution in [2.45, 2.75) is 39.2 Å². The van der Waals surface area contributed by atoms with E-state index in [1.54, 1.807) is 19.2 Å². The minimum absolute atomic E-state index is 0.405. The largest absolute Gasteiger partial charge is 0.490 e. The van der Waals surface area contributed by atoms with Crippen LogP contribution in [0.15, 0.2) is 12.1 Å². The Bertz CT molecular complexity index is 417. The predicted molar refractivity (Wildman–Crippen MR) is 78.7 cm³/mol. The highest BCUT2D eigenvalue weighted by molar-refractivity contribution is 5.54. The third kappa shape index (κ3) is 4.93. The van der Waals surface area contributed by atoms with Gasteiger partial charge in [-0.1, -0.05) is 0 Å². The second-order valence-electron chi connectivity index (χ2n) is 4.50. The molecular formula is C16H23O5. The molecule has 0 amide bonds. The van der Waals surface area contributed by atoms with Crippen molar-refractivity contribution in [2.24, 2.45) is 0 Å². The summed E-state index contributed by atoms with van der Waals surface area (Å²) in [5.74, 6) is 1.52. The molecule has 1 aromatic rings. The number of carbonyl (C=O) groups excluding carboxylic acids is 1. The number of hydrogen-bond donors (Lipinski definition) is 0. The van der Waals surface area contributed by atoms with Crippen LogP contribution in [0.5, 0.6) is 17.2 Å². The van der Waals surface area contributed by atoms with E-state index >= 15 is 0 Å². The van der Waals surface area contributed by atoms with E-state index in [0.717, 1.165) is 6.29 Å². The maximum absolute atomic E-state index is 12.2. The molecule has 1 aromatic carbocycles. The lowest BCUT2D eigenvalue weighted by Gasteiger charge is -2.17. The third-order valence-corrected chi connectivity index (χ3v) is 3.01. The van der Waals surface area contributed by atoms with E-state index in [9.17, 15) is 9.90 Å². The Hall–Kier alpha value is -1.75. The summed E-state index contributed by atoms with van der Waals surface area (Å²) in [5.41, 5.74) is 0.591. The average Bonchev–Trinajstić information content (AvgIpc) is 2.48. The van der Waals surface area contributed by atoms with Gasteiger partial charge in [0.2, 0.25) is 5.75 Å². The number of methoxy groups -OCH3 is 1. The molecule has 0 bridgehead atoms. The lowest BCUT2D eigenvalue weighted by Crippen LogP contribution is -2.03. The van der Waals surface area contributed by atoms with E-state index in [1.807, 2.05) is 13.8 Å². The fraction of sp³-hybridized carbons (Fsp3) is 0.562. The van der Waals surface area contributed by atoms with Gasteiger partial charge in [0, 0.05) is 6.42 Å². The smallest absolute Gasteiger partial charge is 0.203 e. The zero-order chi connectivity index (χ0) is 15.7. The fourth-order valence-corrected chi connectivity index (χ4v) is 2.06. The van der Waals surface area contributed by atoms with Crippen molar-refractivity contribution in [2.75, 3.05) is 20.3 Å². The zero-order valence-corrected chi connectivity index (χ0v) is 12.9. The average molecular weight is 295 g/mol. The molecule has 0 aliphatic carbocycles. The lowest BCUT2D eigenvalue weighted by molar-refractivity contribution is -0.108. The molecule has 0 spiro atoms. The Kier molecular flexibility index (Phi) is 7.61. The minimum atomic E-state index is -0.908. The van der Waals surface area contributed by atoms with E-state index in [2.05, 4.69) is 0 Å². The molecule has 0 heterocycles. The molecule has 1 radical (unpaired) electrons. The molecule has 1 atom stereocenters. The number of rotatable bonds is 10. The van der Waals surface area contributed by atoms with Gasteiger partial charge in [0.05, 0.1) is 20.3 Å². The van der Waals surface area contributed by atoms with Crippen molar-refractivity contribution in [1.29, 1.82) is 0 Å². The summed E-state index contributed by atoms with van der Waals surface area (Å²) in [4.78, 5) is 10.3. The molecule has 21 heavy (non-hydrogen) atoms. The van der Waals surface area contributed by atoms with Crippen molar-refractivity contribution in [1.82, 2.24) is 0 Å². The van der Waals surface area contributed by atoms with Crippen LogP contribution in [0.3, 0.4) is 0 Å². The molecule has 0 fully saturated rings. The molecule has 1 unspecified atom stereocenters. The van der Waals surface area contributed by atoms with E-state index in [1.165, 1.54) is 0 Å². The maximum atomic E-state index is 12.2. The van der Waals surface area contributed by atoms with Gasteiger partial charge in [-0.15, -0.1) is 0 Å². The zero-order valence-electron chi connectivity index (χ0n) is 12.9. The first kappa shape index (κ1) is 17.3. The standard InChI is InChI=1S/C16H23O5/c1-4-20-14-10-12(13(18)8-6-7-9-17)11-15(21-5-2)16(14)19-3/h9-11,13H,4-8H2,1-3H3. The number of aldehydes is 1. The Morgan fingerprint density at radius 2 is 1.71 bits per heavy atom. The Balaban J connectivity index is 3.05. The second-order valence-corrected chi connectivity index (χ2v) is 4.50. The van der Waals surface area contributed by atoms with Crippen LogP contribution < -0.4 is 14.2 Å². The highest BCUT2D eigenvalue weighted by Gasteiger charge is 2.18. The van der Waals surface area contributed by atoms with E-state index < -0.39 is 6.10 Å². The van der Waals surface area contributed by atoms with E-state index in [0.29, 0.717) is 55.3 Å². The highest BCUT2D eigenvalue weighted by Crippen LogP contribution is 2.40. The monoisotopic (exact) mass is 295 g/mol. The number of hydrogen-bond acceptors (Lipinski definition) is 4. The summed E-state index contributed by atoms with van der Waals surface area (Å²) in [6, 6.07) is 3.40. The topological polar surface area (TPSA) is 64.7 Å². The van der Waals surface area contributed by atoms with Crippen LogP contribution in [0.4, 0.5) is 0 Å². The quantitative estimate of drug-likeness (QED) is 0.490. The molecule has 0 aromatic heterocycles. The Morgan fingerprint density at radius 1 is 1.14 bits per heavy atom. The van der Waals surface area contributed by atoms with Crippen LogP contribution in [-0.4, -0.2) is 26.6 Å². The molecule has 117 valence electrons. The highest BCUT2D eigenvalue weighted by atomic mass is 16.5. The molecule has 0 aliphatic heterocycles. The van der Waals surface area contributed by atoms with Crippen LogP contribution in [0.1, 0.15) is 44.8 Å². The molecule has 0 aliphatic rings. The Morgan fingerprint density at radius 3 is 2.14 bits per heavy atom. The first-order valence-electron chi connectivity index (χ1n) is 7.24. The van der Waals surface area contributed by atoms with Gasteiger partial charge in [0.1, 0.15) is 12.4 Å². The van der Waals surface area contributed by atoms with Gasteiger partial charge in [-0.05, 0) is 44.4 Å². The molecule has 5 nitrogen and oxygen atoms in total. The molecule has 0 N–H and O–H groups in total. The van der Waals surface area contributed by atoms with E-state index in [-0.39, 0.29) is 0 Å². The Labute approximate surface area is 125 Å². The summed E-state index contributed by atoms with van der Waals surface area (Å²) < 4.78 is 16.4. The van der Waals surface area contributed by atoms with Crippen LogP contribution in [0.25, 0.3) is 0 Å². The first-order chi connectivity index (χ1) is 10.2. The predicted octanol–water partition coefficient (Wildman–Crippen LogP) is 3.33. The van der Waals surface area contributed by atoms with Crippen molar-refractivity contribution in [3.05, 3.63) is 17.7 Å². The van der Waals surface area contributed by atoms with Crippen LogP contribution in [0, 0.1) is 0 Å². The second kappa shape index (κ2) is 9.23. The van der Waals surface area contributed by atoms with Crippen molar-refractivity contribution in [3.63, 3.8) is 0 Å². The van der Waals surface area contributed by atoms with Gasteiger partial charge in [-0.25, -0.2) is 5.11 Å². The van der Waals surface area contributed by atoms with Gasteiger partial charge in [-0.2, -0.15) is 0 Å². The first-order valence-corrected chi connectivity index (χ1v) is 7.24. The maximum Gasteiger partial charge on any atom is 0.203 e. The van der Waals surface area contributed by atoms with Crippen molar-refractivity contribution >= 4 is 6.29 Å². The number of benzene rings is 1. The number of carbonyl (C=O) groups is 1. The van der Waals surface area contributed by atoms with Crippen molar-refractivity contribution in [3.8, 4) is 17.2 Å².